The number of carbonyl (C=O) groups is 2. The summed E-state index contributed by atoms with van der Waals surface area (Å²) >= 11 is 0. The van der Waals surface area contributed by atoms with E-state index in [0.29, 0.717) is 19.4 Å². The molecule has 120 valence electrons. The molecule has 5 heteroatoms. The van der Waals surface area contributed by atoms with Gasteiger partial charge in [-0.05, 0) is 24.1 Å². The molecule has 3 rings (SSSR count). The lowest BCUT2D eigenvalue weighted by Gasteiger charge is -2.38. The monoisotopic (exact) mass is 312 g/mol. The van der Waals surface area contributed by atoms with E-state index < -0.39 is 0 Å². The zero-order valence-electron chi connectivity index (χ0n) is 13.1. The smallest absolute Gasteiger partial charge is 0.225 e. The fourth-order valence-electron chi connectivity index (χ4n) is 3.14. The van der Waals surface area contributed by atoms with Crippen LogP contribution in [-0.4, -0.2) is 23.8 Å². The average Bonchev–Trinajstić information content (AvgIpc) is 3.09. The number of nitrogens with zero attached hydrogens (tertiary/aromatic N) is 1. The molecule has 0 unspecified atom stereocenters. The zero-order valence-corrected chi connectivity index (χ0v) is 13.1. The van der Waals surface area contributed by atoms with Gasteiger partial charge in [0, 0.05) is 13.5 Å². The topological polar surface area (TPSA) is 62.6 Å². The number of benzene rings is 1. The predicted octanol–water partition coefficient (Wildman–Crippen LogP) is 2.51. The molecule has 1 saturated heterocycles. The van der Waals surface area contributed by atoms with E-state index in [0.717, 1.165) is 11.3 Å². The molecule has 1 aromatic carbocycles. The molecule has 2 atom stereocenters. The maximum absolute atomic E-state index is 12.6. The van der Waals surface area contributed by atoms with Crippen LogP contribution in [0.5, 0.6) is 0 Å². The first-order valence-corrected chi connectivity index (χ1v) is 7.77. The molecule has 0 aliphatic carbocycles. The number of nitrogens with one attached hydrogen (secondary N) is 1. The van der Waals surface area contributed by atoms with Crippen LogP contribution >= 0.6 is 0 Å². The Bertz CT molecular complexity index is 667. The highest BCUT2D eigenvalue weighted by Gasteiger charge is 2.38. The molecule has 1 fully saturated rings. The predicted molar refractivity (Wildman–Crippen MR) is 85.2 cm³/mol. The summed E-state index contributed by atoms with van der Waals surface area (Å²) in [6, 6.07) is 13.1. The van der Waals surface area contributed by atoms with Gasteiger partial charge in [0.05, 0.1) is 24.8 Å². The van der Waals surface area contributed by atoms with Crippen LogP contribution in [0.3, 0.4) is 0 Å². The molecule has 2 aromatic rings. The Kier molecular flexibility index (Phi) is 4.46. The number of carbonyl (C=O) groups excluding carboxylic acids is 2. The number of hydrogen-bond donors (Lipinski definition) is 1. The molecule has 2 heterocycles. The first kappa shape index (κ1) is 15.3. The number of hydrogen-bond acceptors (Lipinski definition) is 3. The lowest BCUT2D eigenvalue weighted by atomic mass is 9.84. The molecule has 5 nitrogen and oxygen atoms in total. The van der Waals surface area contributed by atoms with Crippen LogP contribution in [0.1, 0.15) is 30.2 Å². The summed E-state index contributed by atoms with van der Waals surface area (Å²) in [7, 11) is 1.77. The van der Waals surface area contributed by atoms with Gasteiger partial charge in [0.2, 0.25) is 11.8 Å². The van der Waals surface area contributed by atoms with Crippen molar-refractivity contribution >= 4 is 11.8 Å². The van der Waals surface area contributed by atoms with Gasteiger partial charge in [-0.15, -0.1) is 0 Å². The van der Waals surface area contributed by atoms with E-state index >= 15 is 0 Å². The first-order chi connectivity index (χ1) is 11.2. The van der Waals surface area contributed by atoms with Gasteiger partial charge in [-0.3, -0.25) is 9.59 Å². The maximum Gasteiger partial charge on any atom is 0.225 e. The van der Waals surface area contributed by atoms with Crippen molar-refractivity contribution < 1.29 is 14.0 Å². The quantitative estimate of drug-likeness (QED) is 0.943. The van der Waals surface area contributed by atoms with Crippen LogP contribution in [0, 0.1) is 5.92 Å². The Morgan fingerprint density at radius 3 is 2.74 bits per heavy atom. The van der Waals surface area contributed by atoms with Gasteiger partial charge in [0.25, 0.3) is 0 Å². The van der Waals surface area contributed by atoms with Crippen LogP contribution in [-0.2, 0) is 16.1 Å². The van der Waals surface area contributed by atoms with Gasteiger partial charge in [0.15, 0.2) is 0 Å². The van der Waals surface area contributed by atoms with Crippen LogP contribution in [0.4, 0.5) is 0 Å². The fraction of sp³-hybridized carbons (Fsp3) is 0.333. The van der Waals surface area contributed by atoms with E-state index in [-0.39, 0.29) is 23.8 Å². The lowest BCUT2D eigenvalue weighted by Crippen LogP contribution is -2.46. The molecule has 2 amide bonds. The molecule has 0 bridgehead atoms. The molecule has 23 heavy (non-hydrogen) atoms. The zero-order chi connectivity index (χ0) is 16.2. The second kappa shape index (κ2) is 6.69. The summed E-state index contributed by atoms with van der Waals surface area (Å²) < 4.78 is 5.24. The lowest BCUT2D eigenvalue weighted by molar-refractivity contribution is -0.141. The maximum atomic E-state index is 12.6. The van der Waals surface area contributed by atoms with Gasteiger partial charge in [0.1, 0.15) is 5.76 Å². The van der Waals surface area contributed by atoms with Crippen LogP contribution in [0.2, 0.25) is 0 Å². The molecule has 1 aliphatic heterocycles. The van der Waals surface area contributed by atoms with Crippen molar-refractivity contribution in [2.75, 3.05) is 7.05 Å². The van der Waals surface area contributed by atoms with Crippen molar-refractivity contribution in [3.63, 3.8) is 0 Å². The van der Waals surface area contributed by atoms with Crippen LogP contribution in [0.25, 0.3) is 0 Å². The number of furan rings is 1. The molecular weight excluding hydrogens is 292 g/mol. The van der Waals surface area contributed by atoms with Gasteiger partial charge in [-0.2, -0.15) is 0 Å². The Morgan fingerprint density at radius 2 is 2.04 bits per heavy atom. The van der Waals surface area contributed by atoms with Crippen molar-refractivity contribution in [3.05, 3.63) is 60.1 Å². The molecule has 1 N–H and O–H groups in total. The van der Waals surface area contributed by atoms with E-state index in [4.69, 9.17) is 4.42 Å². The van der Waals surface area contributed by atoms with Crippen LogP contribution < -0.4 is 5.32 Å². The number of piperidine rings is 1. The number of likely N-dealkylation sites (tertiary alicyclic amines) is 1. The Hall–Kier alpha value is -2.56. The van der Waals surface area contributed by atoms with E-state index in [9.17, 15) is 9.59 Å². The highest BCUT2D eigenvalue weighted by Crippen LogP contribution is 2.35. The minimum Gasteiger partial charge on any atom is -0.467 e. The molecule has 1 aliphatic rings. The molecular formula is C18H20N2O3. The second-order valence-corrected chi connectivity index (χ2v) is 5.80. The highest BCUT2D eigenvalue weighted by molar-refractivity contribution is 5.84. The summed E-state index contributed by atoms with van der Waals surface area (Å²) in [4.78, 5) is 26.4. The summed E-state index contributed by atoms with van der Waals surface area (Å²) in [6.45, 7) is 0.363. The van der Waals surface area contributed by atoms with Crippen LogP contribution in [0.15, 0.2) is 53.1 Å². The van der Waals surface area contributed by atoms with E-state index in [1.54, 1.807) is 24.3 Å². The van der Waals surface area contributed by atoms with E-state index in [1.165, 1.54) is 0 Å². The Morgan fingerprint density at radius 1 is 1.26 bits per heavy atom. The highest BCUT2D eigenvalue weighted by atomic mass is 16.3. The van der Waals surface area contributed by atoms with Crippen molar-refractivity contribution in [2.45, 2.75) is 25.4 Å². The molecule has 0 saturated carbocycles. The SMILES string of the molecule is CN1C(=O)CC[C@@H](C(=O)NCc2ccco2)[C@@H]1c1ccccc1. The van der Waals surface area contributed by atoms with Gasteiger partial charge >= 0.3 is 0 Å². The summed E-state index contributed by atoms with van der Waals surface area (Å²) in [5.74, 6) is 0.494. The Balaban J connectivity index is 1.77. The van der Waals surface area contributed by atoms with Crippen molar-refractivity contribution in [2.24, 2.45) is 5.92 Å². The first-order valence-electron chi connectivity index (χ1n) is 7.77. The molecule has 0 spiro atoms. The minimum absolute atomic E-state index is 0.0467. The van der Waals surface area contributed by atoms with Gasteiger partial charge in [-0.1, -0.05) is 30.3 Å². The second-order valence-electron chi connectivity index (χ2n) is 5.80. The summed E-state index contributed by atoms with van der Waals surface area (Å²) in [5, 5.41) is 2.92. The summed E-state index contributed by atoms with van der Waals surface area (Å²) in [6.07, 6.45) is 2.55. The van der Waals surface area contributed by atoms with E-state index in [1.807, 2.05) is 36.4 Å². The standard InChI is InChI=1S/C18H20N2O3/c1-20-16(21)10-9-15(17(20)13-6-3-2-4-7-13)18(22)19-12-14-8-5-11-23-14/h2-8,11,15,17H,9-10,12H2,1H3,(H,19,22)/t15-,17+/m1/s1. The van der Waals surface area contributed by atoms with Gasteiger partial charge < -0.3 is 14.6 Å². The third-order valence-corrected chi connectivity index (χ3v) is 4.36. The fourth-order valence-corrected chi connectivity index (χ4v) is 3.14. The normalized spacial score (nSPS) is 21.3. The third-order valence-electron chi connectivity index (χ3n) is 4.36. The molecule has 1 aromatic heterocycles. The van der Waals surface area contributed by atoms with Crippen molar-refractivity contribution in [1.82, 2.24) is 10.2 Å². The minimum atomic E-state index is -0.255. The van der Waals surface area contributed by atoms with Crippen molar-refractivity contribution in [3.8, 4) is 0 Å². The molecule has 0 radical (unpaired) electrons. The van der Waals surface area contributed by atoms with E-state index in [2.05, 4.69) is 5.32 Å². The number of rotatable bonds is 4. The van der Waals surface area contributed by atoms with Gasteiger partial charge in [-0.25, -0.2) is 0 Å². The number of amides is 2. The Labute approximate surface area is 135 Å². The third kappa shape index (κ3) is 3.28. The average molecular weight is 312 g/mol. The largest absolute Gasteiger partial charge is 0.467 e. The summed E-state index contributed by atoms with van der Waals surface area (Å²) in [5.41, 5.74) is 0.987. The van der Waals surface area contributed by atoms with Crippen molar-refractivity contribution in [1.29, 1.82) is 0 Å².